The highest BCUT2D eigenvalue weighted by molar-refractivity contribution is 8.00. The van der Waals surface area contributed by atoms with E-state index < -0.39 is 9.84 Å². The number of carbonyl (C=O) groups excluding carboxylic acids is 1. The Balaban J connectivity index is 2.06. The Morgan fingerprint density at radius 1 is 1.35 bits per heavy atom. The summed E-state index contributed by atoms with van der Waals surface area (Å²) in [5.74, 6) is 0.325. The van der Waals surface area contributed by atoms with Crippen molar-refractivity contribution in [3.05, 3.63) is 29.3 Å². The highest BCUT2D eigenvalue weighted by Crippen LogP contribution is 2.28. The van der Waals surface area contributed by atoms with Crippen LogP contribution in [0.15, 0.2) is 23.1 Å². The lowest BCUT2D eigenvalue weighted by Crippen LogP contribution is -2.44. The van der Waals surface area contributed by atoms with Gasteiger partial charge >= 0.3 is 0 Å². The SMILES string of the molecule is CCN(C(=O)C(C)Sc1ccc(C)c(C)c1)C1CCS(=O)(=O)C1. The van der Waals surface area contributed by atoms with Gasteiger partial charge in [-0.3, -0.25) is 4.79 Å². The molecule has 2 rings (SSSR count). The summed E-state index contributed by atoms with van der Waals surface area (Å²) in [4.78, 5) is 15.6. The molecule has 0 aromatic heterocycles. The zero-order valence-electron chi connectivity index (χ0n) is 14.2. The molecule has 1 aliphatic rings. The molecule has 1 amide bonds. The van der Waals surface area contributed by atoms with Crippen molar-refractivity contribution in [1.29, 1.82) is 0 Å². The summed E-state index contributed by atoms with van der Waals surface area (Å²) in [5.41, 5.74) is 2.45. The molecule has 1 heterocycles. The summed E-state index contributed by atoms with van der Waals surface area (Å²) in [6.07, 6.45) is 0.558. The lowest BCUT2D eigenvalue weighted by Gasteiger charge is -2.29. The van der Waals surface area contributed by atoms with Crippen molar-refractivity contribution >= 4 is 27.5 Å². The maximum Gasteiger partial charge on any atom is 0.236 e. The van der Waals surface area contributed by atoms with Gasteiger partial charge in [0, 0.05) is 17.5 Å². The van der Waals surface area contributed by atoms with Gasteiger partial charge in [-0.1, -0.05) is 6.07 Å². The zero-order chi connectivity index (χ0) is 17.2. The lowest BCUT2D eigenvalue weighted by molar-refractivity contribution is -0.131. The van der Waals surface area contributed by atoms with Gasteiger partial charge in [-0.25, -0.2) is 8.42 Å². The summed E-state index contributed by atoms with van der Waals surface area (Å²) in [6, 6.07) is 6.03. The van der Waals surface area contributed by atoms with Crippen LogP contribution in [-0.2, 0) is 14.6 Å². The zero-order valence-corrected chi connectivity index (χ0v) is 15.8. The Morgan fingerprint density at radius 3 is 2.57 bits per heavy atom. The minimum Gasteiger partial charge on any atom is -0.338 e. The molecular formula is C17H25NO3S2. The second kappa shape index (κ2) is 7.26. The van der Waals surface area contributed by atoms with E-state index in [0.29, 0.717) is 13.0 Å². The molecule has 4 nitrogen and oxygen atoms in total. The topological polar surface area (TPSA) is 54.5 Å². The molecular weight excluding hydrogens is 330 g/mol. The van der Waals surface area contributed by atoms with Crippen molar-refractivity contribution in [1.82, 2.24) is 4.90 Å². The van der Waals surface area contributed by atoms with Gasteiger partial charge in [0.15, 0.2) is 9.84 Å². The van der Waals surface area contributed by atoms with E-state index in [1.807, 2.05) is 19.9 Å². The molecule has 128 valence electrons. The number of sulfone groups is 1. The van der Waals surface area contributed by atoms with Gasteiger partial charge in [-0.2, -0.15) is 0 Å². The summed E-state index contributed by atoms with van der Waals surface area (Å²) in [6.45, 7) is 8.49. The van der Waals surface area contributed by atoms with Crippen molar-refractivity contribution in [3.8, 4) is 0 Å². The molecule has 1 aromatic carbocycles. The molecule has 0 bridgehead atoms. The maximum atomic E-state index is 12.7. The third kappa shape index (κ3) is 4.51. The van der Waals surface area contributed by atoms with E-state index in [1.54, 1.807) is 4.90 Å². The van der Waals surface area contributed by atoms with Crippen LogP contribution < -0.4 is 0 Å². The highest BCUT2D eigenvalue weighted by Gasteiger charge is 2.35. The van der Waals surface area contributed by atoms with E-state index in [-0.39, 0.29) is 28.7 Å². The van der Waals surface area contributed by atoms with Crippen LogP contribution in [0.1, 0.15) is 31.4 Å². The van der Waals surface area contributed by atoms with Crippen LogP contribution >= 0.6 is 11.8 Å². The van der Waals surface area contributed by atoms with Gasteiger partial charge in [-0.05, 0) is 57.4 Å². The fourth-order valence-corrected chi connectivity index (χ4v) is 5.66. The molecule has 2 atom stereocenters. The van der Waals surface area contributed by atoms with Crippen LogP contribution in [0.4, 0.5) is 0 Å². The number of aryl methyl sites for hydroxylation is 2. The Kier molecular flexibility index (Phi) is 5.79. The average molecular weight is 356 g/mol. The van der Waals surface area contributed by atoms with Crippen LogP contribution in [0, 0.1) is 13.8 Å². The Labute approximate surface area is 143 Å². The molecule has 0 saturated carbocycles. The van der Waals surface area contributed by atoms with E-state index in [4.69, 9.17) is 0 Å². The highest BCUT2D eigenvalue weighted by atomic mass is 32.2. The number of hydrogen-bond acceptors (Lipinski definition) is 4. The smallest absolute Gasteiger partial charge is 0.236 e. The molecule has 2 unspecified atom stereocenters. The first-order valence-electron chi connectivity index (χ1n) is 7.98. The summed E-state index contributed by atoms with van der Waals surface area (Å²) < 4.78 is 23.3. The van der Waals surface area contributed by atoms with Crippen molar-refractivity contribution in [2.45, 2.75) is 50.3 Å². The molecule has 0 N–H and O–H groups in total. The van der Waals surface area contributed by atoms with E-state index in [2.05, 4.69) is 26.0 Å². The van der Waals surface area contributed by atoms with E-state index in [1.165, 1.54) is 22.9 Å². The minimum atomic E-state index is -2.98. The van der Waals surface area contributed by atoms with Gasteiger partial charge in [0.05, 0.1) is 16.8 Å². The second-order valence-corrected chi connectivity index (χ2v) is 9.83. The number of amides is 1. The number of nitrogens with zero attached hydrogens (tertiary/aromatic N) is 1. The van der Waals surface area contributed by atoms with E-state index in [0.717, 1.165) is 4.90 Å². The standard InChI is InChI=1S/C17H25NO3S2/c1-5-18(15-8-9-23(20,21)11-15)17(19)14(4)22-16-7-6-12(2)13(3)10-16/h6-7,10,14-15H,5,8-9,11H2,1-4H3. The average Bonchev–Trinajstić information content (AvgIpc) is 2.83. The molecule has 0 aliphatic carbocycles. The van der Waals surface area contributed by atoms with Crippen molar-refractivity contribution < 1.29 is 13.2 Å². The summed E-state index contributed by atoms with van der Waals surface area (Å²) in [5, 5.41) is -0.222. The predicted molar refractivity (Wildman–Crippen MR) is 95.7 cm³/mol. The van der Waals surface area contributed by atoms with Crippen molar-refractivity contribution in [3.63, 3.8) is 0 Å². The molecule has 1 fully saturated rings. The lowest BCUT2D eigenvalue weighted by atomic mass is 10.1. The second-order valence-electron chi connectivity index (χ2n) is 6.19. The number of benzene rings is 1. The first kappa shape index (κ1) is 18.3. The molecule has 6 heteroatoms. The Bertz CT molecular complexity index is 685. The van der Waals surface area contributed by atoms with Gasteiger partial charge in [0.25, 0.3) is 0 Å². The van der Waals surface area contributed by atoms with Crippen LogP contribution in [0.5, 0.6) is 0 Å². The van der Waals surface area contributed by atoms with E-state index in [9.17, 15) is 13.2 Å². The fourth-order valence-electron chi connectivity index (χ4n) is 2.89. The van der Waals surface area contributed by atoms with Crippen LogP contribution in [0.25, 0.3) is 0 Å². The Hall–Kier alpha value is -1.01. The maximum absolute atomic E-state index is 12.7. The molecule has 1 aromatic rings. The fraction of sp³-hybridized carbons (Fsp3) is 0.588. The largest absolute Gasteiger partial charge is 0.338 e. The number of carbonyl (C=O) groups is 1. The Morgan fingerprint density at radius 2 is 2.04 bits per heavy atom. The van der Waals surface area contributed by atoms with Gasteiger partial charge in [0.2, 0.25) is 5.91 Å². The normalized spacial score (nSPS) is 21.1. The van der Waals surface area contributed by atoms with Crippen LogP contribution in [-0.4, -0.2) is 48.6 Å². The van der Waals surface area contributed by atoms with Crippen LogP contribution in [0.2, 0.25) is 0 Å². The van der Waals surface area contributed by atoms with Crippen LogP contribution in [0.3, 0.4) is 0 Å². The number of hydrogen-bond donors (Lipinski definition) is 0. The third-order valence-corrected chi connectivity index (χ3v) is 7.24. The molecule has 0 spiro atoms. The van der Waals surface area contributed by atoms with Gasteiger partial charge < -0.3 is 4.90 Å². The predicted octanol–water partition coefficient (Wildman–Crippen LogP) is 2.82. The molecule has 0 radical (unpaired) electrons. The minimum absolute atomic E-state index is 0.0258. The molecule has 1 saturated heterocycles. The summed E-state index contributed by atoms with van der Waals surface area (Å²) >= 11 is 1.54. The van der Waals surface area contributed by atoms with Crippen molar-refractivity contribution in [2.75, 3.05) is 18.1 Å². The molecule has 1 aliphatic heterocycles. The summed E-state index contributed by atoms with van der Waals surface area (Å²) in [7, 11) is -2.98. The van der Waals surface area contributed by atoms with Gasteiger partial charge in [-0.15, -0.1) is 11.8 Å². The third-order valence-electron chi connectivity index (χ3n) is 4.41. The first-order chi connectivity index (χ1) is 10.7. The first-order valence-corrected chi connectivity index (χ1v) is 10.7. The quantitative estimate of drug-likeness (QED) is 0.762. The van der Waals surface area contributed by atoms with Crippen molar-refractivity contribution in [2.24, 2.45) is 0 Å². The number of thioether (sulfide) groups is 1. The number of rotatable bonds is 5. The monoisotopic (exact) mass is 355 g/mol. The van der Waals surface area contributed by atoms with E-state index >= 15 is 0 Å². The van der Waals surface area contributed by atoms with Gasteiger partial charge in [0.1, 0.15) is 0 Å². The molecule has 23 heavy (non-hydrogen) atoms.